The number of imidazole rings is 1. The minimum Gasteiger partial charge on any atom is -0.389 e. The smallest absolute Gasteiger partial charge is 0.109 e. The second-order valence-corrected chi connectivity index (χ2v) is 6.72. The fourth-order valence-electron chi connectivity index (χ4n) is 3.39. The highest BCUT2D eigenvalue weighted by Crippen LogP contribution is 2.19. The third-order valence-corrected chi connectivity index (χ3v) is 4.64. The van der Waals surface area contributed by atoms with E-state index in [-0.39, 0.29) is 0 Å². The van der Waals surface area contributed by atoms with E-state index in [2.05, 4.69) is 29.7 Å². The van der Waals surface area contributed by atoms with E-state index in [0.29, 0.717) is 19.1 Å². The molecule has 24 heavy (non-hydrogen) atoms. The molecule has 2 aromatic rings. The molecule has 4 nitrogen and oxygen atoms in total. The number of aryl methyl sites for hydroxylation is 1. The Hall–Kier alpha value is -1.65. The van der Waals surface area contributed by atoms with Crippen molar-refractivity contribution in [1.29, 1.82) is 0 Å². The molecule has 0 unspecified atom stereocenters. The summed E-state index contributed by atoms with van der Waals surface area (Å²) in [6, 6.07) is 8.14. The first-order chi connectivity index (χ1) is 11.8. The predicted octanol–water partition coefficient (Wildman–Crippen LogP) is 3.72. The van der Waals surface area contributed by atoms with Crippen LogP contribution >= 0.6 is 0 Å². The van der Waals surface area contributed by atoms with Gasteiger partial charge in [0.2, 0.25) is 0 Å². The molecule has 0 bridgehead atoms. The lowest BCUT2D eigenvalue weighted by Gasteiger charge is -2.19. The lowest BCUT2D eigenvalue weighted by molar-refractivity contribution is 0.0128. The molecule has 2 atom stereocenters. The summed E-state index contributed by atoms with van der Waals surface area (Å²) in [4.78, 5) is 4.71. The number of allylic oxidation sites excluding steroid dienone is 2. The Balaban J connectivity index is 1.59. The van der Waals surface area contributed by atoms with Crippen LogP contribution in [-0.4, -0.2) is 34.0 Å². The Morgan fingerprint density at radius 1 is 1.33 bits per heavy atom. The third-order valence-electron chi connectivity index (χ3n) is 4.64. The molecule has 1 aliphatic carbocycles. The first-order valence-corrected chi connectivity index (χ1v) is 9.13. The molecule has 0 saturated heterocycles. The maximum Gasteiger partial charge on any atom is 0.109 e. The molecule has 1 aromatic carbocycles. The standard InChI is InChI=1S/C20H28N2O2/c1-2-8-20-21-18-11-6-7-12-19(18)22(20)13-17(23)15-24-14-16-9-4-3-5-10-16/h3-4,6-7,11-12,16-17,23H,2,5,8-10,13-15H2,1H3/t16-,17+/m0/s1. The summed E-state index contributed by atoms with van der Waals surface area (Å²) in [5, 5.41) is 10.4. The Labute approximate surface area is 144 Å². The maximum absolute atomic E-state index is 10.4. The highest BCUT2D eigenvalue weighted by Gasteiger charge is 2.15. The number of hydrogen-bond acceptors (Lipinski definition) is 3. The van der Waals surface area contributed by atoms with Crippen LogP contribution in [0.5, 0.6) is 0 Å². The van der Waals surface area contributed by atoms with E-state index in [1.54, 1.807) is 0 Å². The molecule has 1 heterocycles. The summed E-state index contributed by atoms with van der Waals surface area (Å²) in [7, 11) is 0. The van der Waals surface area contributed by atoms with Gasteiger partial charge in [-0.2, -0.15) is 0 Å². The lowest BCUT2D eigenvalue weighted by Crippen LogP contribution is -2.24. The second-order valence-electron chi connectivity index (χ2n) is 6.72. The van der Waals surface area contributed by atoms with Crippen LogP contribution < -0.4 is 0 Å². The van der Waals surface area contributed by atoms with E-state index in [4.69, 9.17) is 9.72 Å². The van der Waals surface area contributed by atoms with Crippen molar-refractivity contribution in [3.05, 3.63) is 42.2 Å². The molecule has 0 aliphatic heterocycles. The fourth-order valence-corrected chi connectivity index (χ4v) is 3.39. The average Bonchev–Trinajstić information content (AvgIpc) is 2.94. The van der Waals surface area contributed by atoms with Gasteiger partial charge in [0.15, 0.2) is 0 Å². The summed E-state index contributed by atoms with van der Waals surface area (Å²) in [5.74, 6) is 1.65. The van der Waals surface area contributed by atoms with Crippen LogP contribution in [0.3, 0.4) is 0 Å². The zero-order valence-corrected chi connectivity index (χ0v) is 14.5. The molecule has 3 rings (SSSR count). The molecule has 1 aromatic heterocycles. The van der Waals surface area contributed by atoms with Crippen LogP contribution in [0.4, 0.5) is 0 Å². The monoisotopic (exact) mass is 328 g/mol. The van der Waals surface area contributed by atoms with Gasteiger partial charge >= 0.3 is 0 Å². The fraction of sp³-hybridized carbons (Fsp3) is 0.550. The summed E-state index contributed by atoms with van der Waals surface area (Å²) in [6.07, 6.45) is 9.40. The van der Waals surface area contributed by atoms with Crippen molar-refractivity contribution in [2.24, 2.45) is 5.92 Å². The summed E-state index contributed by atoms with van der Waals surface area (Å²) in [6.45, 7) is 3.83. The van der Waals surface area contributed by atoms with Crippen LogP contribution in [-0.2, 0) is 17.7 Å². The van der Waals surface area contributed by atoms with Gasteiger partial charge in [-0.15, -0.1) is 0 Å². The zero-order valence-electron chi connectivity index (χ0n) is 14.5. The number of hydrogen-bond donors (Lipinski definition) is 1. The Morgan fingerprint density at radius 3 is 3.00 bits per heavy atom. The van der Waals surface area contributed by atoms with Crippen LogP contribution in [0.2, 0.25) is 0 Å². The molecule has 4 heteroatoms. The highest BCUT2D eigenvalue weighted by atomic mass is 16.5. The normalized spacial score (nSPS) is 19.0. The molecule has 0 radical (unpaired) electrons. The first kappa shape index (κ1) is 17.2. The largest absolute Gasteiger partial charge is 0.389 e. The number of aromatic nitrogens is 2. The third kappa shape index (κ3) is 4.25. The van der Waals surface area contributed by atoms with Gasteiger partial charge < -0.3 is 14.4 Å². The number of fused-ring (bicyclic) bond motifs is 1. The molecular weight excluding hydrogens is 300 g/mol. The number of benzene rings is 1. The van der Waals surface area contributed by atoms with E-state index in [1.165, 1.54) is 6.42 Å². The average molecular weight is 328 g/mol. The van der Waals surface area contributed by atoms with Gasteiger partial charge in [0.25, 0.3) is 0 Å². The van der Waals surface area contributed by atoms with Gasteiger partial charge in [-0.05, 0) is 43.7 Å². The Morgan fingerprint density at radius 2 is 2.21 bits per heavy atom. The quantitative estimate of drug-likeness (QED) is 0.751. The van der Waals surface area contributed by atoms with Crippen LogP contribution in [0, 0.1) is 5.92 Å². The summed E-state index contributed by atoms with van der Waals surface area (Å²) in [5.41, 5.74) is 2.10. The summed E-state index contributed by atoms with van der Waals surface area (Å²) < 4.78 is 7.93. The molecule has 0 amide bonds. The van der Waals surface area contributed by atoms with E-state index in [0.717, 1.165) is 49.1 Å². The number of rotatable bonds is 8. The molecule has 0 spiro atoms. The number of para-hydroxylation sites is 2. The second kappa shape index (κ2) is 8.45. The van der Waals surface area contributed by atoms with Crippen molar-refractivity contribution in [3.63, 3.8) is 0 Å². The number of nitrogens with zero attached hydrogens (tertiary/aromatic N) is 2. The van der Waals surface area contributed by atoms with Crippen LogP contribution in [0.1, 0.15) is 38.4 Å². The van der Waals surface area contributed by atoms with E-state index >= 15 is 0 Å². The SMILES string of the molecule is CCCc1nc2ccccc2n1C[C@@H](O)COC[C@H]1CC=CCC1. The minimum atomic E-state index is -0.502. The lowest BCUT2D eigenvalue weighted by atomic mass is 9.95. The van der Waals surface area contributed by atoms with Crippen LogP contribution in [0.15, 0.2) is 36.4 Å². The summed E-state index contributed by atoms with van der Waals surface area (Å²) >= 11 is 0. The van der Waals surface area contributed by atoms with Gasteiger partial charge in [0.1, 0.15) is 5.82 Å². The molecule has 1 aliphatic rings. The van der Waals surface area contributed by atoms with E-state index < -0.39 is 6.10 Å². The molecule has 130 valence electrons. The minimum absolute atomic E-state index is 0.387. The topological polar surface area (TPSA) is 47.3 Å². The first-order valence-electron chi connectivity index (χ1n) is 9.13. The van der Waals surface area contributed by atoms with Gasteiger partial charge in [-0.1, -0.05) is 31.2 Å². The van der Waals surface area contributed by atoms with Crippen molar-refractivity contribution < 1.29 is 9.84 Å². The molecule has 0 fully saturated rings. The van der Waals surface area contributed by atoms with Gasteiger partial charge in [-0.3, -0.25) is 0 Å². The molecule has 0 saturated carbocycles. The number of ether oxygens (including phenoxy) is 1. The van der Waals surface area contributed by atoms with Crippen molar-refractivity contribution in [2.75, 3.05) is 13.2 Å². The zero-order chi connectivity index (χ0) is 16.8. The van der Waals surface area contributed by atoms with E-state index in [9.17, 15) is 5.11 Å². The van der Waals surface area contributed by atoms with Gasteiger partial charge in [0.05, 0.1) is 30.3 Å². The van der Waals surface area contributed by atoms with Crippen molar-refractivity contribution in [2.45, 2.75) is 51.7 Å². The predicted molar refractivity (Wildman–Crippen MR) is 97.0 cm³/mol. The van der Waals surface area contributed by atoms with Gasteiger partial charge in [-0.25, -0.2) is 4.98 Å². The van der Waals surface area contributed by atoms with Crippen molar-refractivity contribution in [3.8, 4) is 0 Å². The molecule has 1 N–H and O–H groups in total. The number of aliphatic hydroxyl groups excluding tert-OH is 1. The van der Waals surface area contributed by atoms with Gasteiger partial charge in [0, 0.05) is 13.0 Å². The highest BCUT2D eigenvalue weighted by molar-refractivity contribution is 5.75. The van der Waals surface area contributed by atoms with Crippen molar-refractivity contribution in [1.82, 2.24) is 9.55 Å². The maximum atomic E-state index is 10.4. The van der Waals surface area contributed by atoms with E-state index in [1.807, 2.05) is 18.2 Å². The Bertz CT molecular complexity index is 677. The number of aliphatic hydroxyl groups is 1. The van der Waals surface area contributed by atoms with Crippen LogP contribution in [0.25, 0.3) is 11.0 Å². The molecular formula is C20H28N2O2. The van der Waals surface area contributed by atoms with Crippen molar-refractivity contribution >= 4 is 11.0 Å². The Kier molecular flexibility index (Phi) is 6.05.